The van der Waals surface area contributed by atoms with E-state index < -0.39 is 0 Å². The van der Waals surface area contributed by atoms with Crippen molar-refractivity contribution >= 4 is 40.7 Å². The Balaban J connectivity index is 1.50. The number of furan rings is 1. The van der Waals surface area contributed by atoms with Gasteiger partial charge in [-0.3, -0.25) is 9.48 Å². The molecule has 2 aromatic heterocycles. The molecule has 136 valence electrons. The number of nitrogens with zero attached hydrogens (tertiary/aromatic N) is 2. The standard InChI is InChI=1S/C17H14Cl3N3O3/c18-11-8-22-23(9-11)7-6-21-17(24)15-5-4-12(26-15)10-25-14-3-1-2-13(19)16(14)20/h1-5,8-9H,6-7,10H2,(H,21,24). The molecule has 0 fully saturated rings. The highest BCUT2D eigenvalue weighted by molar-refractivity contribution is 6.42. The highest BCUT2D eigenvalue weighted by Crippen LogP contribution is 2.32. The maximum absolute atomic E-state index is 12.1. The van der Waals surface area contributed by atoms with Gasteiger partial charge in [-0.05, 0) is 24.3 Å². The maximum Gasteiger partial charge on any atom is 0.287 e. The van der Waals surface area contributed by atoms with Crippen LogP contribution in [-0.2, 0) is 13.2 Å². The van der Waals surface area contributed by atoms with Gasteiger partial charge in [0.2, 0.25) is 0 Å². The summed E-state index contributed by atoms with van der Waals surface area (Å²) < 4.78 is 12.7. The van der Waals surface area contributed by atoms with Gasteiger partial charge >= 0.3 is 0 Å². The van der Waals surface area contributed by atoms with Gasteiger partial charge < -0.3 is 14.5 Å². The quantitative estimate of drug-likeness (QED) is 0.620. The third-order valence-corrected chi connectivity index (χ3v) is 4.40. The molecule has 9 heteroatoms. The number of benzene rings is 1. The van der Waals surface area contributed by atoms with Gasteiger partial charge in [0.15, 0.2) is 5.76 Å². The molecule has 0 aliphatic heterocycles. The van der Waals surface area contributed by atoms with Gasteiger partial charge in [-0.2, -0.15) is 5.10 Å². The predicted molar refractivity (Wildman–Crippen MR) is 99.1 cm³/mol. The van der Waals surface area contributed by atoms with E-state index in [0.717, 1.165) is 0 Å². The van der Waals surface area contributed by atoms with Gasteiger partial charge in [0, 0.05) is 12.7 Å². The molecule has 0 aliphatic rings. The van der Waals surface area contributed by atoms with E-state index in [-0.39, 0.29) is 18.3 Å². The smallest absolute Gasteiger partial charge is 0.287 e. The average Bonchev–Trinajstić information content (AvgIpc) is 3.25. The van der Waals surface area contributed by atoms with Crippen molar-refractivity contribution in [3.8, 4) is 5.75 Å². The predicted octanol–water partition coefficient (Wildman–Crippen LogP) is 4.45. The van der Waals surface area contributed by atoms with Crippen LogP contribution in [0, 0.1) is 0 Å². The molecule has 0 saturated carbocycles. The molecule has 3 rings (SSSR count). The summed E-state index contributed by atoms with van der Waals surface area (Å²) in [5.74, 6) is 0.805. The second-order valence-corrected chi connectivity index (χ2v) is 6.51. The molecule has 0 spiro atoms. The lowest BCUT2D eigenvalue weighted by Crippen LogP contribution is -2.27. The second kappa shape index (κ2) is 8.49. The number of halogens is 3. The first-order chi connectivity index (χ1) is 12.5. The van der Waals surface area contributed by atoms with Crippen molar-refractivity contribution < 1.29 is 13.9 Å². The monoisotopic (exact) mass is 413 g/mol. The van der Waals surface area contributed by atoms with Crippen molar-refractivity contribution in [3.05, 3.63) is 69.3 Å². The zero-order valence-electron chi connectivity index (χ0n) is 13.4. The van der Waals surface area contributed by atoms with E-state index in [1.165, 1.54) is 6.20 Å². The first-order valence-electron chi connectivity index (χ1n) is 7.64. The van der Waals surface area contributed by atoms with Crippen LogP contribution in [0.2, 0.25) is 15.1 Å². The highest BCUT2D eigenvalue weighted by Gasteiger charge is 2.12. The minimum atomic E-state index is -0.324. The minimum Gasteiger partial charge on any atom is -0.484 e. The van der Waals surface area contributed by atoms with E-state index in [1.54, 1.807) is 41.2 Å². The molecule has 1 N–H and O–H groups in total. The third kappa shape index (κ3) is 4.72. The number of aromatic nitrogens is 2. The molecular weight excluding hydrogens is 401 g/mol. The lowest BCUT2D eigenvalue weighted by molar-refractivity contribution is 0.0920. The summed E-state index contributed by atoms with van der Waals surface area (Å²) in [5.41, 5.74) is 0. The summed E-state index contributed by atoms with van der Waals surface area (Å²) in [4.78, 5) is 12.1. The van der Waals surface area contributed by atoms with Crippen LogP contribution in [0.1, 0.15) is 16.3 Å². The van der Waals surface area contributed by atoms with Crippen LogP contribution in [-0.4, -0.2) is 22.2 Å². The second-order valence-electron chi connectivity index (χ2n) is 5.28. The minimum absolute atomic E-state index is 0.124. The molecule has 0 saturated heterocycles. The van der Waals surface area contributed by atoms with Gasteiger partial charge in [-0.25, -0.2) is 0 Å². The first-order valence-corrected chi connectivity index (χ1v) is 8.78. The molecule has 0 unspecified atom stereocenters. The van der Waals surface area contributed by atoms with Crippen molar-refractivity contribution in [1.29, 1.82) is 0 Å². The molecule has 0 radical (unpaired) electrons. The number of amides is 1. The van der Waals surface area contributed by atoms with E-state index in [9.17, 15) is 4.79 Å². The van der Waals surface area contributed by atoms with Gasteiger partial charge in [-0.15, -0.1) is 0 Å². The Morgan fingerprint density at radius 1 is 1.23 bits per heavy atom. The summed E-state index contributed by atoms with van der Waals surface area (Å²) in [6.07, 6.45) is 3.21. The van der Waals surface area contributed by atoms with Crippen LogP contribution in [0.3, 0.4) is 0 Å². The van der Waals surface area contributed by atoms with Gasteiger partial charge in [-0.1, -0.05) is 40.9 Å². The van der Waals surface area contributed by atoms with Crippen molar-refractivity contribution in [2.24, 2.45) is 0 Å². The molecule has 2 heterocycles. The zero-order valence-corrected chi connectivity index (χ0v) is 15.7. The Hall–Kier alpha value is -2.15. The van der Waals surface area contributed by atoms with Crippen LogP contribution < -0.4 is 10.1 Å². The molecule has 26 heavy (non-hydrogen) atoms. The molecule has 1 aromatic carbocycles. The Morgan fingerprint density at radius 2 is 2.08 bits per heavy atom. The summed E-state index contributed by atoms with van der Waals surface area (Å²) in [6.45, 7) is 1.02. The van der Waals surface area contributed by atoms with Crippen LogP contribution in [0.5, 0.6) is 5.75 Å². The molecular formula is C17H14Cl3N3O3. The summed E-state index contributed by atoms with van der Waals surface area (Å²) in [6, 6.07) is 8.35. The van der Waals surface area contributed by atoms with Crippen molar-refractivity contribution in [1.82, 2.24) is 15.1 Å². The Bertz CT molecular complexity index is 908. The fraction of sp³-hybridized carbons (Fsp3) is 0.176. The number of hydrogen-bond acceptors (Lipinski definition) is 4. The Labute approximate surface area is 164 Å². The molecule has 0 bridgehead atoms. The number of hydrogen-bond donors (Lipinski definition) is 1. The fourth-order valence-corrected chi connectivity index (χ4v) is 2.66. The Kier molecular flexibility index (Phi) is 6.08. The number of carbonyl (C=O) groups excluding carboxylic acids is 1. The van der Waals surface area contributed by atoms with Gasteiger partial charge in [0.25, 0.3) is 5.91 Å². The molecule has 0 atom stereocenters. The third-order valence-electron chi connectivity index (χ3n) is 3.40. The number of carbonyl (C=O) groups is 1. The Morgan fingerprint density at radius 3 is 2.85 bits per heavy atom. The highest BCUT2D eigenvalue weighted by atomic mass is 35.5. The van der Waals surface area contributed by atoms with E-state index in [2.05, 4.69) is 10.4 Å². The van der Waals surface area contributed by atoms with E-state index in [4.69, 9.17) is 44.0 Å². The number of ether oxygens (including phenoxy) is 1. The number of rotatable bonds is 7. The lowest BCUT2D eigenvalue weighted by Gasteiger charge is -2.07. The summed E-state index contributed by atoms with van der Waals surface area (Å²) in [7, 11) is 0. The van der Waals surface area contributed by atoms with Crippen LogP contribution in [0.15, 0.2) is 47.1 Å². The van der Waals surface area contributed by atoms with Crippen LogP contribution in [0.4, 0.5) is 0 Å². The first kappa shape index (κ1) is 18.6. The number of nitrogens with one attached hydrogen (secondary N) is 1. The van der Waals surface area contributed by atoms with E-state index in [0.29, 0.717) is 39.7 Å². The topological polar surface area (TPSA) is 69.3 Å². The van der Waals surface area contributed by atoms with E-state index in [1.807, 2.05) is 0 Å². The SMILES string of the molecule is O=C(NCCn1cc(Cl)cn1)c1ccc(COc2cccc(Cl)c2Cl)o1. The lowest BCUT2D eigenvalue weighted by atomic mass is 10.3. The molecule has 1 amide bonds. The average molecular weight is 415 g/mol. The summed E-state index contributed by atoms with van der Waals surface area (Å²) >= 11 is 17.8. The summed E-state index contributed by atoms with van der Waals surface area (Å²) in [5, 5.41) is 8.06. The van der Waals surface area contributed by atoms with E-state index >= 15 is 0 Å². The van der Waals surface area contributed by atoms with Crippen LogP contribution >= 0.6 is 34.8 Å². The fourth-order valence-electron chi connectivity index (χ4n) is 2.15. The van der Waals surface area contributed by atoms with Gasteiger partial charge in [0.05, 0.1) is 22.8 Å². The van der Waals surface area contributed by atoms with Crippen LogP contribution in [0.25, 0.3) is 0 Å². The largest absolute Gasteiger partial charge is 0.484 e. The van der Waals surface area contributed by atoms with Crippen molar-refractivity contribution in [3.63, 3.8) is 0 Å². The maximum atomic E-state index is 12.1. The van der Waals surface area contributed by atoms with Crippen molar-refractivity contribution in [2.75, 3.05) is 6.54 Å². The molecule has 0 aliphatic carbocycles. The normalized spacial score (nSPS) is 10.7. The van der Waals surface area contributed by atoms with Gasteiger partial charge in [0.1, 0.15) is 23.1 Å². The van der Waals surface area contributed by atoms with Crippen molar-refractivity contribution in [2.45, 2.75) is 13.2 Å². The zero-order chi connectivity index (χ0) is 18.5. The molecule has 3 aromatic rings. The molecule has 6 nitrogen and oxygen atoms in total.